The number of fused-ring (bicyclic) bond motifs is 1. The smallest absolute Gasteiger partial charge is 0.113 e. The quantitative estimate of drug-likeness (QED) is 0.902. The molecule has 0 spiro atoms. The normalized spacial score (nSPS) is 12.3. The van der Waals surface area contributed by atoms with Gasteiger partial charge in [-0.25, -0.2) is 4.68 Å². The number of aromatic nitrogens is 3. The molecule has 1 heterocycles. The molecule has 0 aliphatic carbocycles. The molecule has 0 unspecified atom stereocenters. The summed E-state index contributed by atoms with van der Waals surface area (Å²) in [5, 5.41) is 8.48. The second-order valence-corrected chi connectivity index (χ2v) is 5.24. The highest BCUT2D eigenvalue weighted by Crippen LogP contribution is 2.20. The van der Waals surface area contributed by atoms with Crippen LogP contribution in [0.15, 0.2) is 12.1 Å². The summed E-state index contributed by atoms with van der Waals surface area (Å²) in [5.74, 6) is 0. The van der Waals surface area contributed by atoms with E-state index in [4.69, 9.17) is 5.73 Å². The zero-order chi connectivity index (χ0) is 13.3. The van der Waals surface area contributed by atoms with Crippen LogP contribution in [0.25, 0.3) is 11.0 Å². The van der Waals surface area contributed by atoms with Gasteiger partial charge in [0.1, 0.15) is 5.52 Å². The Labute approximate surface area is 108 Å². The molecule has 98 valence electrons. The van der Waals surface area contributed by atoms with Gasteiger partial charge in [-0.1, -0.05) is 19.1 Å². The Kier molecular flexibility index (Phi) is 3.39. The highest BCUT2D eigenvalue weighted by molar-refractivity contribution is 5.76. The first kappa shape index (κ1) is 13.0. The lowest BCUT2D eigenvalue weighted by Crippen LogP contribution is -2.43. The molecule has 0 saturated carbocycles. The van der Waals surface area contributed by atoms with Gasteiger partial charge in [0.2, 0.25) is 0 Å². The van der Waals surface area contributed by atoms with Crippen molar-refractivity contribution in [2.75, 3.05) is 0 Å². The number of hydrogen-bond donors (Lipinski definition) is 1. The number of benzene rings is 1. The molecule has 2 rings (SSSR count). The third-order valence-electron chi connectivity index (χ3n) is 4.00. The third kappa shape index (κ3) is 2.25. The minimum absolute atomic E-state index is 0.195. The monoisotopic (exact) mass is 246 g/mol. The van der Waals surface area contributed by atoms with Crippen molar-refractivity contribution in [3.8, 4) is 0 Å². The molecule has 0 saturated heterocycles. The number of nitrogens with zero attached hydrogens (tertiary/aromatic N) is 3. The van der Waals surface area contributed by atoms with Crippen LogP contribution in [0, 0.1) is 13.8 Å². The Hall–Kier alpha value is -1.42. The lowest BCUT2D eigenvalue weighted by molar-refractivity contribution is 0.325. The molecule has 0 radical (unpaired) electrons. The van der Waals surface area contributed by atoms with E-state index in [9.17, 15) is 0 Å². The lowest BCUT2D eigenvalue weighted by Gasteiger charge is -2.26. The van der Waals surface area contributed by atoms with Crippen LogP contribution in [-0.2, 0) is 6.54 Å². The van der Waals surface area contributed by atoms with Crippen molar-refractivity contribution in [1.29, 1.82) is 0 Å². The molecule has 0 aliphatic heterocycles. The number of rotatable bonds is 4. The van der Waals surface area contributed by atoms with E-state index in [2.05, 4.69) is 50.1 Å². The molecular formula is C14H22N4. The van der Waals surface area contributed by atoms with E-state index in [0.29, 0.717) is 0 Å². The molecule has 2 aromatic rings. The Bertz CT molecular complexity index is 552. The maximum atomic E-state index is 6.36. The standard InChI is InChI=1S/C14H22N4/c1-5-14(15,6-2)9-18-13-8-11(4)10(3)7-12(13)16-17-18/h7-8H,5-6,9,15H2,1-4H3. The minimum atomic E-state index is -0.195. The summed E-state index contributed by atoms with van der Waals surface area (Å²) in [6.45, 7) is 9.18. The van der Waals surface area contributed by atoms with Crippen LogP contribution in [0.2, 0.25) is 0 Å². The number of aryl methyl sites for hydroxylation is 2. The first-order valence-corrected chi connectivity index (χ1v) is 6.58. The van der Waals surface area contributed by atoms with Crippen LogP contribution in [0.5, 0.6) is 0 Å². The summed E-state index contributed by atoms with van der Waals surface area (Å²) in [7, 11) is 0. The molecule has 2 N–H and O–H groups in total. The van der Waals surface area contributed by atoms with Gasteiger partial charge in [-0.3, -0.25) is 0 Å². The predicted molar refractivity (Wildman–Crippen MR) is 74.5 cm³/mol. The molecule has 4 heteroatoms. The molecule has 0 atom stereocenters. The van der Waals surface area contributed by atoms with E-state index in [0.717, 1.165) is 30.4 Å². The zero-order valence-electron chi connectivity index (χ0n) is 11.7. The number of hydrogen-bond acceptors (Lipinski definition) is 3. The third-order valence-corrected chi connectivity index (χ3v) is 4.00. The maximum Gasteiger partial charge on any atom is 0.113 e. The maximum absolute atomic E-state index is 6.36. The van der Waals surface area contributed by atoms with E-state index in [-0.39, 0.29) is 5.54 Å². The van der Waals surface area contributed by atoms with E-state index in [1.807, 2.05) is 4.68 Å². The van der Waals surface area contributed by atoms with Gasteiger partial charge in [-0.15, -0.1) is 5.10 Å². The Morgan fingerprint density at radius 3 is 2.39 bits per heavy atom. The van der Waals surface area contributed by atoms with Crippen molar-refractivity contribution in [2.45, 2.75) is 52.6 Å². The van der Waals surface area contributed by atoms with Crippen LogP contribution < -0.4 is 5.73 Å². The summed E-state index contributed by atoms with van der Waals surface area (Å²) in [4.78, 5) is 0. The summed E-state index contributed by atoms with van der Waals surface area (Å²) in [6, 6.07) is 4.24. The second kappa shape index (κ2) is 4.69. The van der Waals surface area contributed by atoms with E-state index in [1.54, 1.807) is 0 Å². The fourth-order valence-electron chi connectivity index (χ4n) is 2.11. The van der Waals surface area contributed by atoms with Gasteiger partial charge in [-0.2, -0.15) is 0 Å². The molecule has 1 aromatic carbocycles. The summed E-state index contributed by atoms with van der Waals surface area (Å²) in [5.41, 5.74) is 10.7. The fourth-order valence-corrected chi connectivity index (χ4v) is 2.11. The SMILES string of the molecule is CCC(N)(CC)Cn1nnc2cc(C)c(C)cc21. The molecule has 0 fully saturated rings. The summed E-state index contributed by atoms with van der Waals surface area (Å²) in [6.07, 6.45) is 1.88. The molecule has 18 heavy (non-hydrogen) atoms. The van der Waals surface area contributed by atoms with Gasteiger partial charge in [0.15, 0.2) is 0 Å². The number of nitrogens with two attached hydrogens (primary N) is 1. The Morgan fingerprint density at radius 2 is 1.78 bits per heavy atom. The van der Waals surface area contributed by atoms with Gasteiger partial charge in [0.25, 0.3) is 0 Å². The molecule has 1 aromatic heterocycles. The highest BCUT2D eigenvalue weighted by atomic mass is 15.4. The largest absolute Gasteiger partial charge is 0.324 e. The summed E-state index contributed by atoms with van der Waals surface area (Å²) >= 11 is 0. The molecular weight excluding hydrogens is 224 g/mol. The molecule has 0 bridgehead atoms. The first-order valence-electron chi connectivity index (χ1n) is 6.58. The van der Waals surface area contributed by atoms with E-state index >= 15 is 0 Å². The van der Waals surface area contributed by atoms with Gasteiger partial charge in [-0.05, 0) is 49.9 Å². The predicted octanol–water partition coefficient (Wildman–Crippen LogP) is 2.57. The fraction of sp³-hybridized carbons (Fsp3) is 0.571. The van der Waals surface area contributed by atoms with Crippen LogP contribution in [0.4, 0.5) is 0 Å². The van der Waals surface area contributed by atoms with Crippen molar-refractivity contribution < 1.29 is 0 Å². The highest BCUT2D eigenvalue weighted by Gasteiger charge is 2.22. The Balaban J connectivity index is 2.43. The van der Waals surface area contributed by atoms with Crippen molar-refractivity contribution in [3.05, 3.63) is 23.3 Å². The summed E-state index contributed by atoms with van der Waals surface area (Å²) < 4.78 is 1.94. The average Bonchev–Trinajstić information content (AvgIpc) is 2.72. The van der Waals surface area contributed by atoms with E-state index < -0.39 is 0 Å². The zero-order valence-corrected chi connectivity index (χ0v) is 11.7. The van der Waals surface area contributed by atoms with Gasteiger partial charge in [0, 0.05) is 5.54 Å². The second-order valence-electron chi connectivity index (χ2n) is 5.24. The van der Waals surface area contributed by atoms with Crippen molar-refractivity contribution in [2.24, 2.45) is 5.73 Å². The van der Waals surface area contributed by atoms with Crippen molar-refractivity contribution >= 4 is 11.0 Å². The van der Waals surface area contributed by atoms with Crippen molar-refractivity contribution in [3.63, 3.8) is 0 Å². The molecule has 4 nitrogen and oxygen atoms in total. The van der Waals surface area contributed by atoms with Crippen LogP contribution >= 0.6 is 0 Å². The van der Waals surface area contributed by atoms with Crippen LogP contribution in [0.1, 0.15) is 37.8 Å². The Morgan fingerprint density at radius 1 is 1.17 bits per heavy atom. The van der Waals surface area contributed by atoms with E-state index in [1.165, 1.54) is 11.1 Å². The topological polar surface area (TPSA) is 56.7 Å². The van der Waals surface area contributed by atoms with Crippen molar-refractivity contribution in [1.82, 2.24) is 15.0 Å². The average molecular weight is 246 g/mol. The van der Waals surface area contributed by atoms with Gasteiger partial charge in [0.05, 0.1) is 12.1 Å². The van der Waals surface area contributed by atoms with Crippen LogP contribution in [0.3, 0.4) is 0 Å². The molecule has 0 amide bonds. The van der Waals surface area contributed by atoms with Gasteiger partial charge >= 0.3 is 0 Å². The first-order chi connectivity index (χ1) is 8.49. The van der Waals surface area contributed by atoms with Gasteiger partial charge < -0.3 is 5.73 Å². The molecule has 0 aliphatic rings. The lowest BCUT2D eigenvalue weighted by atomic mass is 9.94. The minimum Gasteiger partial charge on any atom is -0.324 e. The van der Waals surface area contributed by atoms with Crippen LogP contribution in [-0.4, -0.2) is 20.5 Å².